The summed E-state index contributed by atoms with van der Waals surface area (Å²) >= 11 is 1.26. The van der Waals surface area contributed by atoms with Crippen LogP contribution < -0.4 is 10.1 Å². The molecular weight excluding hydrogens is 352 g/mol. The van der Waals surface area contributed by atoms with Gasteiger partial charge in [0.15, 0.2) is 5.17 Å². The van der Waals surface area contributed by atoms with Gasteiger partial charge in [-0.2, -0.15) is 0 Å². The van der Waals surface area contributed by atoms with Crippen LogP contribution in [0.3, 0.4) is 0 Å². The fraction of sp³-hybridized carbons (Fsp3) is 0.105. The van der Waals surface area contributed by atoms with E-state index in [4.69, 9.17) is 4.74 Å². The van der Waals surface area contributed by atoms with Gasteiger partial charge in [-0.3, -0.25) is 4.79 Å². The predicted octanol–water partition coefficient (Wildman–Crippen LogP) is 3.37. The third-order valence-corrected chi connectivity index (χ3v) is 4.49. The standard InChI is InChI=1S/C19H16N2O4S/c1-24-15-9-7-14(8-10-15)20-19-21-17(22)16(26-19)11-12-3-5-13(6-4-12)18(23)25-2/h3-11H,1-2H3,(H,20,21,22)/b16-11-. The molecular formula is C19H16N2O4S. The summed E-state index contributed by atoms with van der Waals surface area (Å²) in [7, 11) is 2.93. The normalized spacial score (nSPS) is 16.6. The molecule has 0 aromatic heterocycles. The van der Waals surface area contributed by atoms with E-state index in [0.29, 0.717) is 15.6 Å². The van der Waals surface area contributed by atoms with Crippen LogP contribution in [0, 0.1) is 0 Å². The summed E-state index contributed by atoms with van der Waals surface area (Å²) < 4.78 is 9.77. The SMILES string of the molecule is COC(=O)c1ccc(/C=C2\SC(=Nc3ccc(OC)cc3)NC2=O)cc1. The Hall–Kier alpha value is -3.06. The molecule has 0 bridgehead atoms. The zero-order valence-corrected chi connectivity index (χ0v) is 15.0. The van der Waals surface area contributed by atoms with E-state index in [1.807, 2.05) is 12.1 Å². The highest BCUT2D eigenvalue weighted by Crippen LogP contribution is 2.28. The third-order valence-electron chi connectivity index (χ3n) is 3.58. The molecule has 132 valence electrons. The zero-order chi connectivity index (χ0) is 18.5. The minimum Gasteiger partial charge on any atom is -0.497 e. The molecule has 6 nitrogen and oxygen atoms in total. The van der Waals surface area contributed by atoms with Crippen LogP contribution in [0.4, 0.5) is 5.69 Å². The van der Waals surface area contributed by atoms with Gasteiger partial charge in [0.2, 0.25) is 0 Å². The van der Waals surface area contributed by atoms with E-state index >= 15 is 0 Å². The Morgan fingerprint density at radius 3 is 2.38 bits per heavy atom. The molecule has 0 radical (unpaired) electrons. The average Bonchev–Trinajstić information content (AvgIpc) is 3.01. The van der Waals surface area contributed by atoms with E-state index < -0.39 is 5.97 Å². The van der Waals surface area contributed by atoms with Crippen LogP contribution in [0.5, 0.6) is 5.75 Å². The maximum absolute atomic E-state index is 12.1. The number of aliphatic imine (C=N–C) groups is 1. The summed E-state index contributed by atoms with van der Waals surface area (Å²) in [6.45, 7) is 0. The Balaban J connectivity index is 1.75. The Kier molecular flexibility index (Phi) is 5.38. The van der Waals surface area contributed by atoms with Crippen molar-refractivity contribution in [2.24, 2.45) is 4.99 Å². The molecule has 0 atom stereocenters. The Bertz CT molecular complexity index is 887. The van der Waals surface area contributed by atoms with Crippen LogP contribution in [0.2, 0.25) is 0 Å². The molecule has 1 aliphatic heterocycles. The predicted molar refractivity (Wildman–Crippen MR) is 102 cm³/mol. The van der Waals surface area contributed by atoms with Gasteiger partial charge in [0, 0.05) is 0 Å². The summed E-state index contributed by atoms with van der Waals surface area (Å²) in [4.78, 5) is 28.5. The van der Waals surface area contributed by atoms with Crippen molar-refractivity contribution < 1.29 is 19.1 Å². The number of amidine groups is 1. The number of esters is 1. The Labute approximate surface area is 154 Å². The molecule has 1 saturated heterocycles. The molecule has 1 aliphatic rings. The molecule has 0 spiro atoms. The Morgan fingerprint density at radius 2 is 1.77 bits per heavy atom. The van der Waals surface area contributed by atoms with Gasteiger partial charge in [0.05, 0.1) is 30.4 Å². The van der Waals surface area contributed by atoms with E-state index in [-0.39, 0.29) is 5.91 Å². The quantitative estimate of drug-likeness (QED) is 0.661. The van der Waals surface area contributed by atoms with Crippen molar-refractivity contribution >= 4 is 40.6 Å². The van der Waals surface area contributed by atoms with Gasteiger partial charge in [-0.15, -0.1) is 0 Å². The lowest BCUT2D eigenvalue weighted by atomic mass is 10.1. The van der Waals surface area contributed by atoms with E-state index in [9.17, 15) is 9.59 Å². The van der Waals surface area contributed by atoms with Gasteiger partial charge in [-0.1, -0.05) is 12.1 Å². The molecule has 26 heavy (non-hydrogen) atoms. The fourth-order valence-corrected chi connectivity index (χ4v) is 3.08. The molecule has 1 N–H and O–H groups in total. The molecule has 0 saturated carbocycles. The molecule has 2 aromatic carbocycles. The molecule has 7 heteroatoms. The highest BCUT2D eigenvalue weighted by Gasteiger charge is 2.23. The van der Waals surface area contributed by atoms with Crippen LogP contribution in [0.1, 0.15) is 15.9 Å². The smallest absolute Gasteiger partial charge is 0.337 e. The first kappa shape index (κ1) is 17.8. The lowest BCUT2D eigenvalue weighted by Gasteiger charge is -2.00. The minimum atomic E-state index is -0.397. The zero-order valence-electron chi connectivity index (χ0n) is 14.2. The largest absolute Gasteiger partial charge is 0.497 e. The number of ether oxygens (including phenoxy) is 2. The average molecular weight is 368 g/mol. The molecule has 2 aromatic rings. The van der Waals surface area contributed by atoms with Crippen molar-refractivity contribution in [3.8, 4) is 5.75 Å². The molecule has 0 aliphatic carbocycles. The van der Waals surface area contributed by atoms with Gasteiger partial charge >= 0.3 is 5.97 Å². The molecule has 1 fully saturated rings. The molecule has 3 rings (SSSR count). The van der Waals surface area contributed by atoms with Crippen molar-refractivity contribution in [2.75, 3.05) is 14.2 Å². The molecule has 1 heterocycles. The lowest BCUT2D eigenvalue weighted by Crippen LogP contribution is -2.19. The number of carbonyl (C=O) groups is 2. The van der Waals surface area contributed by atoms with Crippen molar-refractivity contribution in [1.82, 2.24) is 5.32 Å². The number of thioether (sulfide) groups is 1. The number of rotatable bonds is 4. The van der Waals surface area contributed by atoms with Crippen LogP contribution in [-0.2, 0) is 9.53 Å². The van der Waals surface area contributed by atoms with Crippen molar-refractivity contribution in [2.45, 2.75) is 0 Å². The van der Waals surface area contributed by atoms with Gasteiger partial charge in [-0.05, 0) is 59.8 Å². The number of amides is 1. The Morgan fingerprint density at radius 1 is 1.08 bits per heavy atom. The fourth-order valence-electron chi connectivity index (χ4n) is 2.24. The summed E-state index contributed by atoms with van der Waals surface area (Å²) in [5.74, 6) is 0.137. The van der Waals surface area contributed by atoms with E-state index in [0.717, 1.165) is 17.0 Å². The summed E-state index contributed by atoms with van der Waals surface area (Å²) in [5.41, 5.74) is 1.98. The van der Waals surface area contributed by atoms with Crippen molar-refractivity contribution in [1.29, 1.82) is 0 Å². The van der Waals surface area contributed by atoms with Crippen LogP contribution in [0.15, 0.2) is 58.4 Å². The van der Waals surface area contributed by atoms with Gasteiger partial charge < -0.3 is 14.8 Å². The third kappa shape index (κ3) is 4.12. The lowest BCUT2D eigenvalue weighted by molar-refractivity contribution is -0.115. The second kappa shape index (κ2) is 7.88. The topological polar surface area (TPSA) is 77.0 Å². The molecule has 1 amide bonds. The maximum atomic E-state index is 12.1. The van der Waals surface area contributed by atoms with Crippen molar-refractivity contribution in [3.63, 3.8) is 0 Å². The number of nitrogens with one attached hydrogen (secondary N) is 1. The van der Waals surface area contributed by atoms with E-state index in [1.54, 1.807) is 49.6 Å². The van der Waals surface area contributed by atoms with Crippen LogP contribution >= 0.6 is 11.8 Å². The highest BCUT2D eigenvalue weighted by molar-refractivity contribution is 8.18. The van der Waals surface area contributed by atoms with E-state index in [2.05, 4.69) is 15.0 Å². The van der Waals surface area contributed by atoms with Gasteiger partial charge in [0.1, 0.15) is 5.75 Å². The van der Waals surface area contributed by atoms with Crippen LogP contribution in [0.25, 0.3) is 6.08 Å². The molecule has 0 unspecified atom stereocenters. The monoisotopic (exact) mass is 368 g/mol. The number of nitrogens with zero attached hydrogens (tertiary/aromatic N) is 1. The van der Waals surface area contributed by atoms with Gasteiger partial charge in [0.25, 0.3) is 5.91 Å². The van der Waals surface area contributed by atoms with Gasteiger partial charge in [-0.25, -0.2) is 9.79 Å². The van der Waals surface area contributed by atoms with E-state index in [1.165, 1.54) is 18.9 Å². The summed E-state index contributed by atoms with van der Waals surface area (Å²) in [6, 6.07) is 14.1. The number of carbonyl (C=O) groups excluding carboxylic acids is 2. The second-order valence-corrected chi connectivity index (χ2v) is 6.32. The first-order valence-corrected chi connectivity index (χ1v) is 8.53. The second-order valence-electron chi connectivity index (χ2n) is 5.29. The highest BCUT2D eigenvalue weighted by atomic mass is 32.2. The number of hydrogen-bond acceptors (Lipinski definition) is 6. The first-order valence-electron chi connectivity index (χ1n) is 7.71. The van der Waals surface area contributed by atoms with Crippen molar-refractivity contribution in [3.05, 3.63) is 64.6 Å². The van der Waals surface area contributed by atoms with Crippen LogP contribution in [-0.4, -0.2) is 31.3 Å². The first-order chi connectivity index (χ1) is 12.6. The number of benzene rings is 2. The number of methoxy groups -OCH3 is 2. The summed E-state index contributed by atoms with van der Waals surface area (Å²) in [5, 5.41) is 3.25. The minimum absolute atomic E-state index is 0.209. The number of hydrogen-bond donors (Lipinski definition) is 1. The maximum Gasteiger partial charge on any atom is 0.337 e. The summed E-state index contributed by atoms with van der Waals surface area (Å²) in [6.07, 6.45) is 1.75.